The normalized spacial score (nSPS) is 20.5. The predicted octanol–water partition coefficient (Wildman–Crippen LogP) is 1.65. The monoisotopic (exact) mass is 267 g/mol. The van der Waals surface area contributed by atoms with Crippen molar-refractivity contribution in [3.8, 4) is 0 Å². The van der Waals surface area contributed by atoms with Crippen LogP contribution < -0.4 is 5.32 Å². The highest BCUT2D eigenvalue weighted by atomic mass is 79.9. The van der Waals surface area contributed by atoms with Gasteiger partial charge >= 0.3 is 0 Å². The highest BCUT2D eigenvalue weighted by Gasteiger charge is 2.30. The first-order chi connectivity index (χ1) is 7.15. The van der Waals surface area contributed by atoms with Crippen LogP contribution in [0.4, 0.5) is 0 Å². The molecule has 0 bridgehead atoms. The van der Waals surface area contributed by atoms with Crippen LogP contribution in [0.5, 0.6) is 0 Å². The lowest BCUT2D eigenvalue weighted by Gasteiger charge is -2.05. The van der Waals surface area contributed by atoms with Gasteiger partial charge in [-0.3, -0.25) is 14.9 Å². The largest absolute Gasteiger partial charge is 0.296 e. The molecule has 1 heterocycles. The van der Waals surface area contributed by atoms with Crippen LogP contribution >= 0.6 is 15.9 Å². The quantitative estimate of drug-likeness (QED) is 0.829. The zero-order chi connectivity index (χ0) is 10.8. The van der Waals surface area contributed by atoms with E-state index in [0.717, 1.165) is 10.0 Å². The second-order valence-electron chi connectivity index (χ2n) is 3.65. The van der Waals surface area contributed by atoms with Gasteiger partial charge < -0.3 is 0 Å². The number of amides is 2. The maximum atomic E-state index is 11.3. The Bertz CT molecular complexity index is 417. The number of hydrogen-bond acceptors (Lipinski definition) is 2. The first-order valence-corrected chi connectivity index (χ1v) is 5.52. The number of halogens is 1. The van der Waals surface area contributed by atoms with Crippen LogP contribution in [0.15, 0.2) is 28.7 Å². The summed E-state index contributed by atoms with van der Waals surface area (Å²) in [6, 6.07) is 7.79. The Morgan fingerprint density at radius 3 is 2.80 bits per heavy atom. The third kappa shape index (κ3) is 2.45. The van der Waals surface area contributed by atoms with Gasteiger partial charge in [0.05, 0.1) is 5.92 Å². The third-order valence-corrected chi connectivity index (χ3v) is 2.93. The summed E-state index contributed by atoms with van der Waals surface area (Å²) in [4.78, 5) is 22.3. The molecule has 78 valence electrons. The Kier molecular flexibility index (Phi) is 2.86. The van der Waals surface area contributed by atoms with Gasteiger partial charge in [0, 0.05) is 10.9 Å². The van der Waals surface area contributed by atoms with E-state index in [9.17, 15) is 9.59 Å². The van der Waals surface area contributed by atoms with E-state index in [4.69, 9.17) is 0 Å². The van der Waals surface area contributed by atoms with Crippen molar-refractivity contribution in [2.45, 2.75) is 12.8 Å². The second kappa shape index (κ2) is 4.14. The average Bonchev–Trinajstić information content (AvgIpc) is 2.45. The minimum absolute atomic E-state index is 0.153. The molecule has 2 amide bonds. The summed E-state index contributed by atoms with van der Waals surface area (Å²) in [5.74, 6) is -0.522. The van der Waals surface area contributed by atoms with E-state index in [2.05, 4.69) is 21.2 Å². The fourth-order valence-corrected chi connectivity index (χ4v) is 2.17. The van der Waals surface area contributed by atoms with E-state index in [1.165, 1.54) is 0 Å². The van der Waals surface area contributed by atoms with Gasteiger partial charge in [-0.15, -0.1) is 0 Å². The van der Waals surface area contributed by atoms with Crippen LogP contribution in [0.2, 0.25) is 0 Å². The molecule has 1 aliphatic rings. The number of carbonyl (C=O) groups is 2. The fourth-order valence-electron chi connectivity index (χ4n) is 1.72. The molecule has 1 N–H and O–H groups in total. The molecule has 0 spiro atoms. The van der Waals surface area contributed by atoms with Gasteiger partial charge in [-0.1, -0.05) is 28.1 Å². The first kappa shape index (κ1) is 10.4. The molecule has 4 heteroatoms. The number of benzene rings is 1. The molecule has 1 aromatic carbocycles. The van der Waals surface area contributed by atoms with Crippen molar-refractivity contribution in [2.75, 3.05) is 0 Å². The maximum absolute atomic E-state index is 11.3. The topological polar surface area (TPSA) is 46.2 Å². The summed E-state index contributed by atoms with van der Waals surface area (Å²) in [7, 11) is 0. The Morgan fingerprint density at radius 1 is 1.40 bits per heavy atom. The van der Waals surface area contributed by atoms with E-state index in [-0.39, 0.29) is 17.7 Å². The van der Waals surface area contributed by atoms with Crippen LogP contribution in [0.1, 0.15) is 12.0 Å². The lowest BCUT2D eigenvalue weighted by Crippen LogP contribution is -2.22. The van der Waals surface area contributed by atoms with Crippen molar-refractivity contribution in [1.82, 2.24) is 5.32 Å². The molecule has 0 aromatic heterocycles. The molecule has 0 radical (unpaired) electrons. The summed E-state index contributed by atoms with van der Waals surface area (Å²) in [5, 5.41) is 2.31. The van der Waals surface area contributed by atoms with Gasteiger partial charge in [0.15, 0.2) is 0 Å². The molecule has 1 aliphatic heterocycles. The number of nitrogens with one attached hydrogen (secondary N) is 1. The molecule has 1 saturated heterocycles. The van der Waals surface area contributed by atoms with E-state index < -0.39 is 0 Å². The van der Waals surface area contributed by atoms with Crippen molar-refractivity contribution in [3.63, 3.8) is 0 Å². The summed E-state index contributed by atoms with van der Waals surface area (Å²) in [5.41, 5.74) is 1.07. The smallest absolute Gasteiger partial charge is 0.230 e. The minimum Gasteiger partial charge on any atom is -0.296 e. The molecule has 15 heavy (non-hydrogen) atoms. The Morgan fingerprint density at radius 2 is 2.20 bits per heavy atom. The summed E-state index contributed by atoms with van der Waals surface area (Å²) < 4.78 is 0.990. The zero-order valence-corrected chi connectivity index (χ0v) is 9.58. The Balaban J connectivity index is 2.09. The van der Waals surface area contributed by atoms with E-state index in [1.54, 1.807) is 0 Å². The first-order valence-electron chi connectivity index (χ1n) is 4.73. The fraction of sp³-hybridized carbons (Fsp3) is 0.273. The lowest BCUT2D eigenvalue weighted by atomic mass is 9.98. The van der Waals surface area contributed by atoms with Crippen molar-refractivity contribution < 1.29 is 9.59 Å². The molecular formula is C11H10BrNO2. The molecule has 0 aliphatic carbocycles. The van der Waals surface area contributed by atoms with Crippen molar-refractivity contribution in [3.05, 3.63) is 34.3 Å². The van der Waals surface area contributed by atoms with E-state index in [0.29, 0.717) is 12.8 Å². The van der Waals surface area contributed by atoms with Crippen LogP contribution in [0, 0.1) is 5.92 Å². The molecular weight excluding hydrogens is 258 g/mol. The second-order valence-corrected chi connectivity index (χ2v) is 4.56. The minimum atomic E-state index is -0.202. The van der Waals surface area contributed by atoms with Gasteiger partial charge in [-0.25, -0.2) is 0 Å². The van der Waals surface area contributed by atoms with Crippen LogP contribution in [0.3, 0.4) is 0 Å². The number of carbonyl (C=O) groups excluding carboxylic acids is 2. The molecule has 1 atom stereocenters. The van der Waals surface area contributed by atoms with Gasteiger partial charge in [0.25, 0.3) is 0 Å². The third-order valence-electron chi connectivity index (χ3n) is 2.44. The average molecular weight is 268 g/mol. The van der Waals surface area contributed by atoms with Gasteiger partial charge in [-0.05, 0) is 24.1 Å². The number of hydrogen-bond donors (Lipinski definition) is 1. The lowest BCUT2D eigenvalue weighted by molar-refractivity contribution is -0.125. The Hall–Kier alpha value is -1.16. The summed E-state index contributed by atoms with van der Waals surface area (Å²) >= 11 is 3.37. The molecule has 3 nitrogen and oxygen atoms in total. The summed E-state index contributed by atoms with van der Waals surface area (Å²) in [6.45, 7) is 0. The van der Waals surface area contributed by atoms with Crippen molar-refractivity contribution >= 4 is 27.7 Å². The molecule has 1 aromatic rings. The molecule has 1 fully saturated rings. The van der Waals surface area contributed by atoms with Gasteiger partial charge in [0.2, 0.25) is 11.8 Å². The van der Waals surface area contributed by atoms with E-state index >= 15 is 0 Å². The van der Waals surface area contributed by atoms with E-state index in [1.807, 2.05) is 24.3 Å². The van der Waals surface area contributed by atoms with Crippen molar-refractivity contribution in [2.24, 2.45) is 5.92 Å². The van der Waals surface area contributed by atoms with Crippen LogP contribution in [-0.4, -0.2) is 11.8 Å². The number of imide groups is 1. The predicted molar refractivity (Wildman–Crippen MR) is 59.1 cm³/mol. The molecule has 0 saturated carbocycles. The number of rotatable bonds is 2. The standard InChI is InChI=1S/C11H10BrNO2/c12-9-3-1-2-7(5-9)4-8-6-10(14)13-11(8)15/h1-3,5,8H,4,6H2,(H,13,14,15). The highest BCUT2D eigenvalue weighted by Crippen LogP contribution is 2.19. The van der Waals surface area contributed by atoms with Gasteiger partial charge in [-0.2, -0.15) is 0 Å². The maximum Gasteiger partial charge on any atom is 0.230 e. The molecule has 1 unspecified atom stereocenters. The van der Waals surface area contributed by atoms with Crippen LogP contribution in [-0.2, 0) is 16.0 Å². The van der Waals surface area contributed by atoms with Crippen LogP contribution in [0.25, 0.3) is 0 Å². The highest BCUT2D eigenvalue weighted by molar-refractivity contribution is 9.10. The SMILES string of the molecule is O=C1CC(Cc2cccc(Br)c2)C(=O)N1. The van der Waals surface area contributed by atoms with Gasteiger partial charge in [0.1, 0.15) is 0 Å². The van der Waals surface area contributed by atoms with Crippen molar-refractivity contribution in [1.29, 1.82) is 0 Å². The molecule has 2 rings (SSSR count). The summed E-state index contributed by atoms with van der Waals surface area (Å²) in [6.07, 6.45) is 0.933. The zero-order valence-electron chi connectivity index (χ0n) is 8.00. The Labute approximate surface area is 96.0 Å².